The fourth-order valence-corrected chi connectivity index (χ4v) is 2.86. The normalized spacial score (nSPS) is 11.2. The molecule has 4 heteroatoms. The minimum atomic E-state index is 0.00931. The molecule has 0 unspecified atom stereocenters. The summed E-state index contributed by atoms with van der Waals surface area (Å²) in [5.41, 5.74) is 0. The molecule has 1 aromatic carbocycles. The van der Waals surface area contributed by atoms with Crippen LogP contribution in [0.25, 0.3) is 10.1 Å². The van der Waals surface area contributed by atoms with E-state index in [1.807, 2.05) is 30.3 Å². The van der Waals surface area contributed by atoms with Crippen LogP contribution in [0.15, 0.2) is 30.3 Å². The Hall–Kier alpha value is -1.39. The Kier molecular flexibility index (Phi) is 5.56. The van der Waals surface area contributed by atoms with Crippen LogP contribution in [-0.2, 0) is 4.74 Å². The lowest BCUT2D eigenvalue weighted by Gasteiger charge is -2.07. The number of amides is 1. The standard InChI is InChI=1S/C16H21NO2S/c1-12(2)11-19-9-5-8-17-16(18)15-10-13-6-3-4-7-14(13)20-15/h3-4,6-7,10,12H,5,8-9,11H2,1-2H3,(H,17,18). The third-order valence-electron chi connectivity index (χ3n) is 2.85. The van der Waals surface area contributed by atoms with Crippen LogP contribution in [0.4, 0.5) is 0 Å². The zero-order chi connectivity index (χ0) is 14.4. The summed E-state index contributed by atoms with van der Waals surface area (Å²) >= 11 is 1.53. The molecule has 0 fully saturated rings. The predicted molar refractivity (Wildman–Crippen MR) is 84.4 cm³/mol. The number of hydrogen-bond donors (Lipinski definition) is 1. The molecular weight excluding hydrogens is 270 g/mol. The van der Waals surface area contributed by atoms with E-state index in [1.54, 1.807) is 0 Å². The quantitative estimate of drug-likeness (QED) is 0.790. The number of thiophene rings is 1. The summed E-state index contributed by atoms with van der Waals surface area (Å²) in [5.74, 6) is 0.568. The lowest BCUT2D eigenvalue weighted by molar-refractivity contribution is 0.0928. The number of carbonyl (C=O) groups excluding carboxylic acids is 1. The fraction of sp³-hybridized carbons (Fsp3) is 0.438. The first-order chi connectivity index (χ1) is 9.66. The molecule has 0 spiro atoms. The monoisotopic (exact) mass is 291 g/mol. The van der Waals surface area contributed by atoms with Crippen molar-refractivity contribution in [2.75, 3.05) is 19.8 Å². The van der Waals surface area contributed by atoms with Gasteiger partial charge >= 0.3 is 0 Å². The number of fused-ring (bicyclic) bond motifs is 1. The smallest absolute Gasteiger partial charge is 0.261 e. The van der Waals surface area contributed by atoms with Crippen LogP contribution >= 0.6 is 11.3 Å². The molecular formula is C16H21NO2S. The Labute approximate surface area is 123 Å². The second-order valence-corrected chi connectivity index (χ2v) is 6.31. The van der Waals surface area contributed by atoms with E-state index in [4.69, 9.17) is 4.74 Å². The largest absolute Gasteiger partial charge is 0.381 e. The van der Waals surface area contributed by atoms with Crippen LogP contribution in [0.3, 0.4) is 0 Å². The maximum atomic E-state index is 12.0. The summed E-state index contributed by atoms with van der Waals surface area (Å²) in [5, 5.41) is 4.07. The van der Waals surface area contributed by atoms with Crippen LogP contribution in [0, 0.1) is 5.92 Å². The molecule has 2 rings (SSSR count). The third kappa shape index (κ3) is 4.32. The van der Waals surface area contributed by atoms with Gasteiger partial charge in [-0.15, -0.1) is 11.3 Å². The molecule has 1 amide bonds. The molecule has 3 nitrogen and oxygen atoms in total. The van der Waals surface area contributed by atoms with Crippen molar-refractivity contribution < 1.29 is 9.53 Å². The highest BCUT2D eigenvalue weighted by Gasteiger charge is 2.09. The molecule has 0 saturated carbocycles. The van der Waals surface area contributed by atoms with Gasteiger partial charge in [0, 0.05) is 24.5 Å². The molecule has 0 bridgehead atoms. The average Bonchev–Trinajstić information content (AvgIpc) is 2.86. The number of hydrogen-bond acceptors (Lipinski definition) is 3. The lowest BCUT2D eigenvalue weighted by atomic mass is 10.2. The maximum Gasteiger partial charge on any atom is 0.261 e. The molecule has 0 saturated heterocycles. The van der Waals surface area contributed by atoms with Crippen molar-refractivity contribution in [1.82, 2.24) is 5.32 Å². The Morgan fingerprint density at radius 3 is 2.90 bits per heavy atom. The number of ether oxygens (including phenoxy) is 1. The van der Waals surface area contributed by atoms with Crippen molar-refractivity contribution in [1.29, 1.82) is 0 Å². The van der Waals surface area contributed by atoms with Gasteiger partial charge in [-0.25, -0.2) is 0 Å². The fourth-order valence-electron chi connectivity index (χ4n) is 1.88. The molecule has 0 radical (unpaired) electrons. The summed E-state index contributed by atoms with van der Waals surface area (Å²) in [6, 6.07) is 10.00. The van der Waals surface area contributed by atoms with Gasteiger partial charge in [-0.2, -0.15) is 0 Å². The van der Waals surface area contributed by atoms with Crippen LogP contribution in [0.2, 0.25) is 0 Å². The summed E-state index contributed by atoms with van der Waals surface area (Å²) in [6.07, 6.45) is 0.851. The van der Waals surface area contributed by atoms with E-state index >= 15 is 0 Å². The first-order valence-electron chi connectivity index (χ1n) is 7.01. The van der Waals surface area contributed by atoms with Crippen LogP contribution in [0.1, 0.15) is 29.9 Å². The minimum absolute atomic E-state index is 0.00931. The number of nitrogens with one attached hydrogen (secondary N) is 1. The number of benzene rings is 1. The zero-order valence-corrected chi connectivity index (χ0v) is 12.8. The van der Waals surface area contributed by atoms with E-state index in [2.05, 4.69) is 19.2 Å². The molecule has 1 N–H and O–H groups in total. The van der Waals surface area contributed by atoms with Crippen molar-refractivity contribution in [2.24, 2.45) is 5.92 Å². The van der Waals surface area contributed by atoms with Crippen molar-refractivity contribution >= 4 is 27.3 Å². The minimum Gasteiger partial charge on any atom is -0.381 e. The highest BCUT2D eigenvalue weighted by atomic mass is 32.1. The summed E-state index contributed by atoms with van der Waals surface area (Å²) in [7, 11) is 0. The van der Waals surface area contributed by atoms with E-state index in [1.165, 1.54) is 11.3 Å². The summed E-state index contributed by atoms with van der Waals surface area (Å²) in [4.78, 5) is 12.8. The Balaban J connectivity index is 1.74. The van der Waals surface area contributed by atoms with E-state index in [9.17, 15) is 4.79 Å². The van der Waals surface area contributed by atoms with Crippen molar-refractivity contribution in [3.63, 3.8) is 0 Å². The topological polar surface area (TPSA) is 38.3 Å². The Morgan fingerprint density at radius 1 is 1.35 bits per heavy atom. The highest BCUT2D eigenvalue weighted by Crippen LogP contribution is 2.24. The Morgan fingerprint density at radius 2 is 2.15 bits per heavy atom. The molecule has 0 aliphatic carbocycles. The molecule has 1 heterocycles. The highest BCUT2D eigenvalue weighted by molar-refractivity contribution is 7.20. The van der Waals surface area contributed by atoms with Gasteiger partial charge in [0.1, 0.15) is 0 Å². The van der Waals surface area contributed by atoms with E-state index in [-0.39, 0.29) is 5.91 Å². The van der Waals surface area contributed by atoms with Crippen molar-refractivity contribution in [3.05, 3.63) is 35.2 Å². The molecule has 20 heavy (non-hydrogen) atoms. The van der Waals surface area contributed by atoms with Gasteiger partial charge in [-0.1, -0.05) is 32.0 Å². The van der Waals surface area contributed by atoms with Crippen LogP contribution < -0.4 is 5.32 Å². The first kappa shape index (κ1) is 15.0. The average molecular weight is 291 g/mol. The predicted octanol–water partition coefficient (Wildman–Crippen LogP) is 3.69. The van der Waals surface area contributed by atoms with Gasteiger partial charge in [0.2, 0.25) is 0 Å². The van der Waals surface area contributed by atoms with Gasteiger partial charge in [-0.3, -0.25) is 4.79 Å². The van der Waals surface area contributed by atoms with Gasteiger partial charge in [0.15, 0.2) is 0 Å². The maximum absolute atomic E-state index is 12.0. The molecule has 0 aliphatic rings. The molecule has 2 aromatic rings. The van der Waals surface area contributed by atoms with Gasteiger partial charge < -0.3 is 10.1 Å². The van der Waals surface area contributed by atoms with E-state index < -0.39 is 0 Å². The summed E-state index contributed by atoms with van der Waals surface area (Å²) < 4.78 is 6.63. The molecule has 108 valence electrons. The molecule has 1 aromatic heterocycles. The molecule has 0 atom stereocenters. The van der Waals surface area contributed by atoms with E-state index in [0.717, 1.165) is 28.0 Å². The number of carbonyl (C=O) groups is 1. The third-order valence-corrected chi connectivity index (χ3v) is 3.97. The number of rotatable bonds is 7. The zero-order valence-electron chi connectivity index (χ0n) is 12.0. The van der Waals surface area contributed by atoms with Gasteiger partial charge in [0.25, 0.3) is 5.91 Å². The SMILES string of the molecule is CC(C)COCCCNC(=O)c1cc2ccccc2s1. The van der Waals surface area contributed by atoms with Crippen molar-refractivity contribution in [3.8, 4) is 0 Å². The molecule has 0 aliphatic heterocycles. The Bertz CT molecular complexity index is 529. The second-order valence-electron chi connectivity index (χ2n) is 5.23. The second kappa shape index (κ2) is 7.41. The lowest BCUT2D eigenvalue weighted by Crippen LogP contribution is -2.24. The van der Waals surface area contributed by atoms with Crippen molar-refractivity contribution in [2.45, 2.75) is 20.3 Å². The first-order valence-corrected chi connectivity index (χ1v) is 7.83. The van der Waals surface area contributed by atoms with Crippen LogP contribution in [0.5, 0.6) is 0 Å². The van der Waals surface area contributed by atoms with Gasteiger partial charge in [0.05, 0.1) is 4.88 Å². The van der Waals surface area contributed by atoms with E-state index in [0.29, 0.717) is 19.1 Å². The van der Waals surface area contributed by atoms with Gasteiger partial charge in [-0.05, 0) is 29.9 Å². The summed E-state index contributed by atoms with van der Waals surface area (Å²) in [6.45, 7) is 6.40. The van der Waals surface area contributed by atoms with Crippen LogP contribution in [-0.4, -0.2) is 25.7 Å².